The number of hydrogen-bond acceptors (Lipinski definition) is 5. The summed E-state index contributed by atoms with van der Waals surface area (Å²) in [6, 6.07) is 7.86. The summed E-state index contributed by atoms with van der Waals surface area (Å²) in [7, 11) is 0. The lowest BCUT2D eigenvalue weighted by molar-refractivity contribution is 0.110. The van der Waals surface area contributed by atoms with Crippen LogP contribution in [0.3, 0.4) is 0 Å². The molecule has 0 amide bonds. The number of benzene rings is 1. The maximum atomic E-state index is 5.71. The highest BCUT2D eigenvalue weighted by molar-refractivity contribution is 5.79. The fraction of sp³-hybridized carbons (Fsp3) is 0.400. The van der Waals surface area contributed by atoms with Crippen LogP contribution in [0.1, 0.15) is 31.7 Å². The molecule has 0 spiro atoms. The molecule has 0 saturated heterocycles. The summed E-state index contributed by atoms with van der Waals surface area (Å²) >= 11 is 0. The van der Waals surface area contributed by atoms with E-state index in [0.717, 1.165) is 5.56 Å². The van der Waals surface area contributed by atoms with Gasteiger partial charge in [0.1, 0.15) is 5.84 Å². The molecule has 2 aromatic rings. The van der Waals surface area contributed by atoms with E-state index in [1.807, 2.05) is 31.2 Å². The van der Waals surface area contributed by atoms with Gasteiger partial charge in [-0.2, -0.15) is 0 Å². The van der Waals surface area contributed by atoms with E-state index in [1.54, 1.807) is 0 Å². The molecule has 1 aromatic heterocycles. The van der Waals surface area contributed by atoms with Gasteiger partial charge in [-0.05, 0) is 25.0 Å². The fourth-order valence-corrected chi connectivity index (χ4v) is 1.75. The topological polar surface area (TPSA) is 86.5 Å². The largest absolute Gasteiger partial charge is 0.417 e. The van der Waals surface area contributed by atoms with Crippen LogP contribution >= 0.6 is 0 Å². The van der Waals surface area contributed by atoms with Crippen molar-refractivity contribution in [3.05, 3.63) is 35.7 Å². The average Bonchev–Trinajstić information content (AvgIpc) is 2.87. The van der Waals surface area contributed by atoms with E-state index in [0.29, 0.717) is 30.0 Å². The van der Waals surface area contributed by atoms with Crippen molar-refractivity contribution in [3.8, 4) is 11.5 Å². The lowest BCUT2D eigenvalue weighted by Crippen LogP contribution is -2.14. The van der Waals surface area contributed by atoms with Gasteiger partial charge in [-0.25, -0.2) is 0 Å². The lowest BCUT2D eigenvalue weighted by atomic mass is 10.1. The van der Waals surface area contributed by atoms with Gasteiger partial charge in [-0.1, -0.05) is 36.7 Å². The molecule has 6 nitrogen and oxygen atoms in total. The van der Waals surface area contributed by atoms with Crippen molar-refractivity contribution in [2.75, 3.05) is 0 Å². The first-order valence-electron chi connectivity index (χ1n) is 6.88. The van der Waals surface area contributed by atoms with Crippen LogP contribution in [0.4, 0.5) is 0 Å². The molecule has 6 heteroatoms. The first-order chi connectivity index (χ1) is 10.0. The quantitative estimate of drug-likeness (QED) is 0.501. The van der Waals surface area contributed by atoms with E-state index in [1.165, 1.54) is 5.56 Å². The maximum absolute atomic E-state index is 5.71. The van der Waals surface area contributed by atoms with Crippen molar-refractivity contribution in [1.82, 2.24) is 10.2 Å². The van der Waals surface area contributed by atoms with Crippen LogP contribution in [0.15, 0.2) is 33.8 Å². The van der Waals surface area contributed by atoms with Gasteiger partial charge in [-0.15, -0.1) is 10.2 Å². The summed E-state index contributed by atoms with van der Waals surface area (Å²) in [5.74, 6) is 1.73. The van der Waals surface area contributed by atoms with Crippen molar-refractivity contribution in [2.45, 2.75) is 33.8 Å². The molecule has 0 unspecified atom stereocenters. The third-order valence-corrected chi connectivity index (χ3v) is 2.75. The predicted octanol–water partition coefficient (Wildman–Crippen LogP) is 2.88. The summed E-state index contributed by atoms with van der Waals surface area (Å²) < 4.78 is 5.52. The Morgan fingerprint density at radius 1 is 1.29 bits per heavy atom. The van der Waals surface area contributed by atoms with Gasteiger partial charge in [0.2, 0.25) is 5.89 Å². The molecule has 0 atom stereocenters. The zero-order valence-electron chi connectivity index (χ0n) is 12.5. The van der Waals surface area contributed by atoms with Gasteiger partial charge in [0.25, 0.3) is 5.89 Å². The van der Waals surface area contributed by atoms with Crippen molar-refractivity contribution in [2.24, 2.45) is 16.8 Å². The number of nitrogens with two attached hydrogens (primary N) is 1. The number of nitrogens with zero attached hydrogens (tertiary/aromatic N) is 3. The zero-order valence-corrected chi connectivity index (χ0v) is 12.5. The molecule has 0 aliphatic carbocycles. The third-order valence-electron chi connectivity index (χ3n) is 2.75. The van der Waals surface area contributed by atoms with E-state index < -0.39 is 0 Å². The smallest absolute Gasteiger partial charge is 0.257 e. The second kappa shape index (κ2) is 6.88. The summed E-state index contributed by atoms with van der Waals surface area (Å²) in [4.78, 5) is 5.12. The Labute approximate surface area is 124 Å². The van der Waals surface area contributed by atoms with E-state index >= 15 is 0 Å². The van der Waals surface area contributed by atoms with E-state index in [2.05, 4.69) is 29.2 Å². The molecule has 0 fully saturated rings. The molecule has 0 bridgehead atoms. The molecule has 0 aliphatic heterocycles. The van der Waals surface area contributed by atoms with Gasteiger partial charge in [0.05, 0.1) is 0 Å². The highest BCUT2D eigenvalue weighted by atomic mass is 16.6. The Hall–Kier alpha value is -2.37. The van der Waals surface area contributed by atoms with Crippen molar-refractivity contribution in [3.63, 3.8) is 0 Å². The SMILES string of the molecule is Cc1ccc(-c2nnc(CON=C(N)CC(C)C)o2)cc1. The van der Waals surface area contributed by atoms with E-state index in [9.17, 15) is 0 Å². The molecule has 1 aromatic carbocycles. The monoisotopic (exact) mass is 288 g/mol. The predicted molar refractivity (Wildman–Crippen MR) is 80.3 cm³/mol. The molecule has 1 heterocycles. The summed E-state index contributed by atoms with van der Waals surface area (Å²) in [6.45, 7) is 6.26. The van der Waals surface area contributed by atoms with Crippen LogP contribution < -0.4 is 5.73 Å². The van der Waals surface area contributed by atoms with E-state index in [4.69, 9.17) is 15.0 Å². The van der Waals surface area contributed by atoms with Crippen LogP contribution in [0, 0.1) is 12.8 Å². The molecular formula is C15H20N4O2. The van der Waals surface area contributed by atoms with Crippen molar-refractivity contribution < 1.29 is 9.25 Å². The highest BCUT2D eigenvalue weighted by Gasteiger charge is 2.08. The minimum atomic E-state index is 0.109. The van der Waals surface area contributed by atoms with Crippen molar-refractivity contribution in [1.29, 1.82) is 0 Å². The zero-order chi connectivity index (χ0) is 15.2. The number of amidine groups is 1. The second-order valence-corrected chi connectivity index (χ2v) is 5.32. The van der Waals surface area contributed by atoms with Crippen LogP contribution in [-0.2, 0) is 11.4 Å². The molecular weight excluding hydrogens is 268 g/mol. The molecule has 21 heavy (non-hydrogen) atoms. The Morgan fingerprint density at radius 2 is 2.00 bits per heavy atom. The fourth-order valence-electron chi connectivity index (χ4n) is 1.75. The van der Waals surface area contributed by atoms with Gasteiger partial charge in [0, 0.05) is 12.0 Å². The highest BCUT2D eigenvalue weighted by Crippen LogP contribution is 2.18. The van der Waals surface area contributed by atoms with Gasteiger partial charge in [-0.3, -0.25) is 0 Å². The molecule has 0 radical (unpaired) electrons. The van der Waals surface area contributed by atoms with Crippen molar-refractivity contribution >= 4 is 5.84 Å². The van der Waals surface area contributed by atoms with Crippen LogP contribution in [-0.4, -0.2) is 16.0 Å². The van der Waals surface area contributed by atoms with Gasteiger partial charge < -0.3 is 15.0 Å². The van der Waals surface area contributed by atoms with Crippen LogP contribution in [0.5, 0.6) is 0 Å². The first-order valence-corrected chi connectivity index (χ1v) is 6.88. The Balaban J connectivity index is 1.93. The minimum absolute atomic E-state index is 0.109. The second-order valence-electron chi connectivity index (χ2n) is 5.32. The normalized spacial score (nSPS) is 11.9. The molecule has 112 valence electrons. The summed E-state index contributed by atoms with van der Waals surface area (Å²) in [6.07, 6.45) is 0.693. The minimum Gasteiger partial charge on any atom is -0.417 e. The Bertz CT molecular complexity index is 602. The Morgan fingerprint density at radius 3 is 2.67 bits per heavy atom. The lowest BCUT2D eigenvalue weighted by Gasteiger charge is -2.02. The number of oxime groups is 1. The number of aromatic nitrogens is 2. The first kappa shape index (κ1) is 15.0. The van der Waals surface area contributed by atoms with Gasteiger partial charge >= 0.3 is 0 Å². The van der Waals surface area contributed by atoms with E-state index in [-0.39, 0.29) is 6.61 Å². The average molecular weight is 288 g/mol. The number of aryl methyl sites for hydroxylation is 1. The standard InChI is InChI=1S/C15H20N4O2/c1-10(2)8-13(16)19-20-9-14-17-18-15(21-14)12-6-4-11(3)5-7-12/h4-7,10H,8-9H2,1-3H3,(H2,16,19). The molecule has 2 rings (SSSR count). The number of rotatable bonds is 6. The Kier molecular flexibility index (Phi) is 4.92. The molecule has 0 aliphatic rings. The van der Waals surface area contributed by atoms with Crippen LogP contribution in [0.25, 0.3) is 11.5 Å². The summed E-state index contributed by atoms with van der Waals surface area (Å²) in [5, 5.41) is 11.7. The van der Waals surface area contributed by atoms with Gasteiger partial charge in [0.15, 0.2) is 6.61 Å². The van der Waals surface area contributed by atoms with Crippen LogP contribution in [0.2, 0.25) is 0 Å². The molecule has 0 saturated carbocycles. The summed E-state index contributed by atoms with van der Waals surface area (Å²) in [5.41, 5.74) is 7.76. The number of hydrogen-bond donors (Lipinski definition) is 1. The molecule has 2 N–H and O–H groups in total. The third kappa shape index (κ3) is 4.59. The maximum Gasteiger partial charge on any atom is 0.257 e.